The molecule has 0 saturated heterocycles. The first-order chi connectivity index (χ1) is 20.8. The summed E-state index contributed by atoms with van der Waals surface area (Å²) < 4.78 is 16.9. The third-order valence-corrected chi connectivity index (χ3v) is 6.72. The Bertz CT molecular complexity index is 1660. The molecule has 9 heteroatoms. The zero-order chi connectivity index (χ0) is 30.8. The van der Waals surface area contributed by atoms with Crippen LogP contribution in [0.3, 0.4) is 0 Å². The smallest absolute Gasteiger partial charge is 0.272 e. The minimum atomic E-state index is -0.523. The second kappa shape index (κ2) is 14.7. The second-order valence-electron chi connectivity index (χ2n) is 9.12. The number of hydrogen-bond acceptors (Lipinski definition) is 6. The van der Waals surface area contributed by atoms with E-state index in [4.69, 9.17) is 14.2 Å². The van der Waals surface area contributed by atoms with E-state index in [9.17, 15) is 14.4 Å². The maximum atomic E-state index is 13.3. The topological polar surface area (TPSA) is 103 Å². The molecule has 0 aliphatic heterocycles. The van der Waals surface area contributed by atoms with Crippen molar-refractivity contribution in [2.75, 3.05) is 26.6 Å². The van der Waals surface area contributed by atoms with E-state index in [1.54, 1.807) is 78.9 Å². The number of allylic oxidation sites excluding steroid dienone is 1. The number of anilines is 1. The van der Waals surface area contributed by atoms with Crippen LogP contribution in [0.5, 0.6) is 17.2 Å². The van der Waals surface area contributed by atoms with Crippen LogP contribution < -0.4 is 24.8 Å². The molecule has 0 heterocycles. The quantitative estimate of drug-likeness (QED) is 0.138. The number of ketones is 1. The minimum absolute atomic E-state index is 0.0559. The maximum Gasteiger partial charge on any atom is 0.272 e. The molecule has 0 aliphatic carbocycles. The van der Waals surface area contributed by atoms with E-state index in [-0.39, 0.29) is 11.5 Å². The van der Waals surface area contributed by atoms with E-state index in [0.29, 0.717) is 45.2 Å². The Kier molecular flexibility index (Phi) is 10.5. The van der Waals surface area contributed by atoms with Crippen molar-refractivity contribution in [2.24, 2.45) is 0 Å². The predicted octanol–water partition coefficient (Wildman–Crippen LogP) is 6.78. The van der Waals surface area contributed by atoms with E-state index >= 15 is 0 Å². The molecule has 0 unspecified atom stereocenters. The molecule has 2 N–H and O–H groups in total. The number of ether oxygens (including phenoxy) is 3. The fraction of sp³-hybridized carbons (Fsp3) is 0.0882. The molecule has 0 atom stereocenters. The third kappa shape index (κ3) is 8.21. The molecule has 0 radical (unpaired) electrons. The van der Waals surface area contributed by atoms with Crippen LogP contribution in [-0.4, -0.2) is 38.9 Å². The summed E-state index contributed by atoms with van der Waals surface area (Å²) in [6.45, 7) is 0. The van der Waals surface area contributed by atoms with Crippen LogP contribution in [-0.2, 0) is 4.79 Å². The summed E-state index contributed by atoms with van der Waals surface area (Å²) in [4.78, 5) is 39.0. The Balaban J connectivity index is 1.49. The van der Waals surface area contributed by atoms with Crippen LogP contribution in [0.4, 0.5) is 5.69 Å². The number of amides is 2. The number of benzene rings is 4. The van der Waals surface area contributed by atoms with Crippen LogP contribution in [0.15, 0.2) is 107 Å². The number of halogens is 1. The molecule has 0 aliphatic rings. The monoisotopic (exact) mass is 640 g/mol. The maximum absolute atomic E-state index is 13.3. The number of methoxy groups -OCH3 is 3. The van der Waals surface area contributed by atoms with Crippen molar-refractivity contribution in [3.63, 3.8) is 0 Å². The van der Waals surface area contributed by atoms with Gasteiger partial charge in [0.25, 0.3) is 11.8 Å². The summed E-state index contributed by atoms with van der Waals surface area (Å²) in [5.74, 6) is 0.226. The lowest BCUT2D eigenvalue weighted by Gasteiger charge is -2.12. The molecule has 0 fully saturated rings. The first-order valence-corrected chi connectivity index (χ1v) is 13.9. The van der Waals surface area contributed by atoms with Crippen LogP contribution in [0, 0.1) is 0 Å². The van der Waals surface area contributed by atoms with Gasteiger partial charge in [0.1, 0.15) is 5.70 Å². The molecular weight excluding hydrogens is 612 g/mol. The second-order valence-corrected chi connectivity index (χ2v) is 10.0. The first kappa shape index (κ1) is 30.8. The van der Waals surface area contributed by atoms with Gasteiger partial charge in [0.15, 0.2) is 17.3 Å². The molecule has 2 amide bonds. The Morgan fingerprint density at radius 2 is 1.40 bits per heavy atom. The Labute approximate surface area is 258 Å². The summed E-state index contributed by atoms with van der Waals surface area (Å²) >= 11 is 3.43. The molecule has 0 spiro atoms. The van der Waals surface area contributed by atoms with Crippen LogP contribution in [0.1, 0.15) is 31.8 Å². The molecule has 4 aromatic rings. The molecular formula is C34H29BrN2O6. The van der Waals surface area contributed by atoms with Gasteiger partial charge >= 0.3 is 0 Å². The Hall–Kier alpha value is -5.15. The molecule has 4 rings (SSSR count). The largest absolute Gasteiger partial charge is 0.493 e. The molecule has 0 aromatic heterocycles. The lowest BCUT2D eigenvalue weighted by molar-refractivity contribution is -0.113. The summed E-state index contributed by atoms with van der Waals surface area (Å²) in [6, 6.07) is 25.9. The lowest BCUT2D eigenvalue weighted by atomic mass is 10.1. The standard InChI is InChI=1S/C34H29BrN2O6/c1-41-30-20-23(21-31(42-2)32(30)43-3)12-17-29(38)24-13-15-27(16-14-24)36-34(40)28(19-22-8-7-11-26(35)18-22)37-33(39)25-9-5-4-6-10-25/h4-21H,1-3H3,(H,36,40)(H,37,39)/b17-12+,28-19-. The normalized spacial score (nSPS) is 11.1. The molecule has 43 heavy (non-hydrogen) atoms. The average molecular weight is 642 g/mol. The van der Waals surface area contributed by atoms with Gasteiger partial charge in [0.05, 0.1) is 21.3 Å². The third-order valence-electron chi connectivity index (χ3n) is 6.23. The van der Waals surface area contributed by atoms with Crippen molar-refractivity contribution < 1.29 is 28.6 Å². The average Bonchev–Trinajstić information content (AvgIpc) is 3.03. The van der Waals surface area contributed by atoms with Gasteiger partial charge in [-0.1, -0.05) is 52.3 Å². The summed E-state index contributed by atoms with van der Waals surface area (Å²) in [6.07, 6.45) is 4.68. The molecule has 0 bridgehead atoms. The number of carbonyl (C=O) groups excluding carboxylic acids is 3. The van der Waals surface area contributed by atoms with Crippen molar-refractivity contribution in [2.45, 2.75) is 0 Å². The van der Waals surface area contributed by atoms with Crippen LogP contribution in [0.25, 0.3) is 12.2 Å². The summed E-state index contributed by atoms with van der Waals surface area (Å²) in [5.41, 5.74) is 2.74. The van der Waals surface area contributed by atoms with Crippen molar-refractivity contribution in [3.8, 4) is 17.2 Å². The highest BCUT2D eigenvalue weighted by molar-refractivity contribution is 9.10. The SMILES string of the molecule is COc1cc(/C=C/C(=O)c2ccc(NC(=O)/C(=C/c3cccc(Br)c3)NC(=O)c3ccccc3)cc2)cc(OC)c1OC. The number of hydrogen-bond donors (Lipinski definition) is 2. The fourth-order valence-electron chi connectivity index (χ4n) is 4.09. The highest BCUT2D eigenvalue weighted by atomic mass is 79.9. The summed E-state index contributed by atoms with van der Waals surface area (Å²) in [5, 5.41) is 5.50. The predicted molar refractivity (Wildman–Crippen MR) is 171 cm³/mol. The van der Waals surface area contributed by atoms with Gasteiger partial charge in [-0.3, -0.25) is 14.4 Å². The van der Waals surface area contributed by atoms with Crippen LogP contribution in [0.2, 0.25) is 0 Å². The van der Waals surface area contributed by atoms with Gasteiger partial charge in [-0.2, -0.15) is 0 Å². The molecule has 218 valence electrons. The van der Waals surface area contributed by atoms with Gasteiger partial charge in [-0.15, -0.1) is 0 Å². The lowest BCUT2D eigenvalue weighted by Crippen LogP contribution is -2.30. The van der Waals surface area contributed by atoms with Gasteiger partial charge in [0.2, 0.25) is 5.75 Å². The minimum Gasteiger partial charge on any atom is -0.493 e. The van der Waals surface area contributed by atoms with Gasteiger partial charge in [0, 0.05) is 21.3 Å². The number of rotatable bonds is 11. The zero-order valence-electron chi connectivity index (χ0n) is 23.7. The van der Waals surface area contributed by atoms with E-state index in [2.05, 4.69) is 26.6 Å². The molecule has 8 nitrogen and oxygen atoms in total. The Morgan fingerprint density at radius 3 is 2.00 bits per heavy atom. The first-order valence-electron chi connectivity index (χ1n) is 13.1. The van der Waals surface area contributed by atoms with E-state index in [1.807, 2.05) is 24.3 Å². The van der Waals surface area contributed by atoms with Crippen molar-refractivity contribution in [3.05, 3.63) is 129 Å². The van der Waals surface area contributed by atoms with Crippen LogP contribution >= 0.6 is 15.9 Å². The number of nitrogens with one attached hydrogen (secondary N) is 2. The van der Waals surface area contributed by atoms with Crippen molar-refractivity contribution in [1.29, 1.82) is 0 Å². The molecule has 0 saturated carbocycles. The van der Waals surface area contributed by atoms with Gasteiger partial charge in [-0.25, -0.2) is 0 Å². The summed E-state index contributed by atoms with van der Waals surface area (Å²) in [7, 11) is 4.56. The zero-order valence-corrected chi connectivity index (χ0v) is 25.3. The highest BCUT2D eigenvalue weighted by Crippen LogP contribution is 2.38. The Morgan fingerprint density at radius 1 is 0.721 bits per heavy atom. The van der Waals surface area contributed by atoms with Gasteiger partial charge in [-0.05, 0) is 83.9 Å². The molecule has 4 aromatic carbocycles. The fourth-order valence-corrected chi connectivity index (χ4v) is 4.50. The van der Waals surface area contributed by atoms with Gasteiger partial charge < -0.3 is 24.8 Å². The number of carbonyl (C=O) groups is 3. The van der Waals surface area contributed by atoms with E-state index < -0.39 is 11.8 Å². The van der Waals surface area contributed by atoms with E-state index in [1.165, 1.54) is 27.4 Å². The van der Waals surface area contributed by atoms with E-state index in [0.717, 1.165) is 4.47 Å². The van der Waals surface area contributed by atoms with Crippen molar-refractivity contribution in [1.82, 2.24) is 5.32 Å². The van der Waals surface area contributed by atoms with Crippen molar-refractivity contribution >= 4 is 51.4 Å². The highest BCUT2D eigenvalue weighted by Gasteiger charge is 2.16.